The molecule has 2 unspecified atom stereocenters. The van der Waals surface area contributed by atoms with Crippen LogP contribution in [0.15, 0.2) is 48.5 Å². The summed E-state index contributed by atoms with van der Waals surface area (Å²) in [4.78, 5) is 15.3. The first-order valence-electron chi connectivity index (χ1n) is 11.5. The fourth-order valence-electron chi connectivity index (χ4n) is 4.92. The molecule has 1 aliphatic carbocycles. The molecule has 0 bridgehead atoms. The first-order valence-corrected chi connectivity index (χ1v) is 13.8. The van der Waals surface area contributed by atoms with Gasteiger partial charge < -0.3 is 4.90 Å². The van der Waals surface area contributed by atoms with E-state index in [1.54, 1.807) is 7.05 Å². The molecule has 0 aromatic heterocycles. The molecule has 8 heteroatoms. The lowest BCUT2D eigenvalue weighted by molar-refractivity contribution is -0.141. The van der Waals surface area contributed by atoms with Crippen LogP contribution in [-0.4, -0.2) is 48.4 Å². The molecule has 2 aromatic carbocycles. The largest absolute Gasteiger partial charge is 0.331 e. The molecule has 178 valence electrons. The van der Waals surface area contributed by atoms with Crippen molar-refractivity contribution in [3.8, 4) is 0 Å². The molecule has 5 nitrogen and oxygen atoms in total. The van der Waals surface area contributed by atoms with Crippen molar-refractivity contribution in [1.82, 2.24) is 9.21 Å². The number of nitrogens with zero attached hydrogens (tertiary/aromatic N) is 2. The highest BCUT2D eigenvalue weighted by molar-refractivity contribution is 7.90. The van der Waals surface area contributed by atoms with E-state index in [-0.39, 0.29) is 35.7 Å². The Bertz CT molecular complexity index is 1100. The highest BCUT2D eigenvalue weighted by Gasteiger charge is 2.43. The van der Waals surface area contributed by atoms with E-state index in [4.69, 9.17) is 23.2 Å². The summed E-state index contributed by atoms with van der Waals surface area (Å²) in [6.07, 6.45) is 3.21. The van der Waals surface area contributed by atoms with Crippen molar-refractivity contribution in [2.45, 2.75) is 62.3 Å². The molecule has 2 aromatic rings. The van der Waals surface area contributed by atoms with Gasteiger partial charge in [-0.2, -0.15) is 0 Å². The van der Waals surface area contributed by atoms with E-state index in [2.05, 4.69) is 6.07 Å². The fraction of sp³-hybridized carbons (Fsp3) is 0.480. The molecule has 1 aliphatic heterocycles. The molecule has 2 aliphatic rings. The zero-order chi connectivity index (χ0) is 23.8. The summed E-state index contributed by atoms with van der Waals surface area (Å²) in [6, 6.07) is 14.9. The summed E-state index contributed by atoms with van der Waals surface area (Å²) in [5.74, 6) is 0.0965. The first-order chi connectivity index (χ1) is 15.7. The predicted molar refractivity (Wildman–Crippen MR) is 133 cm³/mol. The number of amides is 1. The van der Waals surface area contributed by atoms with E-state index < -0.39 is 10.0 Å². The number of rotatable bonds is 8. The number of hydrogen-bond donors (Lipinski definition) is 0. The molecule has 1 amide bonds. The molecule has 1 saturated carbocycles. The molecule has 4 rings (SSSR count). The van der Waals surface area contributed by atoms with Crippen LogP contribution in [0.2, 0.25) is 10.0 Å². The van der Waals surface area contributed by atoms with E-state index in [1.807, 2.05) is 54.3 Å². The number of likely N-dealkylation sites (N-methyl/N-ethyl adjacent to an activating group) is 1. The standard InChI is InChI=1S/C25H30Cl2N2O3S/c1-3-21(16-28(2)33(31,32)22-11-12-22)29-24(30)14-13-23(18-5-4-6-20(27)15-18)25(29)17-7-9-19(26)10-8-17/h4-10,15,21-23,25H,3,11-14,16H2,1-2H3/t21-,23?,25?/m0/s1. The topological polar surface area (TPSA) is 57.7 Å². The molecule has 1 heterocycles. The summed E-state index contributed by atoms with van der Waals surface area (Å²) >= 11 is 12.5. The maximum Gasteiger partial charge on any atom is 0.223 e. The number of benzene rings is 2. The highest BCUT2D eigenvalue weighted by Crippen LogP contribution is 2.45. The van der Waals surface area contributed by atoms with E-state index >= 15 is 0 Å². The number of carbonyl (C=O) groups is 1. The van der Waals surface area contributed by atoms with Crippen molar-refractivity contribution >= 4 is 39.1 Å². The molecule has 0 radical (unpaired) electrons. The third-order valence-electron chi connectivity index (χ3n) is 6.84. The Labute approximate surface area is 206 Å². The number of sulfonamides is 1. The van der Waals surface area contributed by atoms with Crippen molar-refractivity contribution in [3.05, 3.63) is 69.7 Å². The van der Waals surface area contributed by atoms with Crippen molar-refractivity contribution in [2.24, 2.45) is 0 Å². The van der Waals surface area contributed by atoms with Crippen LogP contribution in [0.3, 0.4) is 0 Å². The lowest BCUT2D eigenvalue weighted by Crippen LogP contribution is -2.52. The minimum atomic E-state index is -3.33. The van der Waals surface area contributed by atoms with E-state index in [1.165, 1.54) is 4.31 Å². The minimum absolute atomic E-state index is 0.0435. The zero-order valence-corrected chi connectivity index (χ0v) is 21.3. The molecule has 2 fully saturated rings. The quantitative estimate of drug-likeness (QED) is 0.463. The Hall–Kier alpha value is -1.60. The van der Waals surface area contributed by atoms with Gasteiger partial charge in [0.1, 0.15) is 0 Å². The Kier molecular flexibility index (Phi) is 7.39. The first kappa shape index (κ1) is 24.5. The number of hydrogen-bond acceptors (Lipinski definition) is 3. The summed E-state index contributed by atoms with van der Waals surface area (Å²) < 4.78 is 27.1. The summed E-state index contributed by atoms with van der Waals surface area (Å²) in [6.45, 7) is 2.30. The van der Waals surface area contributed by atoms with Gasteiger partial charge in [0.15, 0.2) is 0 Å². The summed E-state index contributed by atoms with van der Waals surface area (Å²) in [5.41, 5.74) is 2.07. The van der Waals surface area contributed by atoms with Crippen LogP contribution in [-0.2, 0) is 14.8 Å². The monoisotopic (exact) mass is 508 g/mol. The van der Waals surface area contributed by atoms with Gasteiger partial charge in [-0.3, -0.25) is 4.79 Å². The van der Waals surface area contributed by atoms with Gasteiger partial charge >= 0.3 is 0 Å². The van der Waals surface area contributed by atoms with Crippen LogP contribution in [0, 0.1) is 0 Å². The second-order valence-electron chi connectivity index (χ2n) is 9.08. The third kappa shape index (κ3) is 5.24. The Morgan fingerprint density at radius 1 is 1.03 bits per heavy atom. The van der Waals surface area contributed by atoms with Crippen LogP contribution < -0.4 is 0 Å². The average molecular weight is 509 g/mol. The molecule has 0 N–H and O–H groups in total. The Balaban J connectivity index is 1.73. The zero-order valence-electron chi connectivity index (χ0n) is 19.0. The van der Waals surface area contributed by atoms with Gasteiger partial charge in [-0.15, -0.1) is 0 Å². The number of halogens is 2. The van der Waals surface area contributed by atoms with Gasteiger partial charge in [0, 0.05) is 42.0 Å². The lowest BCUT2D eigenvalue weighted by atomic mass is 9.79. The second kappa shape index (κ2) is 9.95. The number of carbonyl (C=O) groups excluding carboxylic acids is 1. The van der Waals surface area contributed by atoms with Gasteiger partial charge in [-0.1, -0.05) is 54.4 Å². The Morgan fingerprint density at radius 2 is 1.73 bits per heavy atom. The lowest BCUT2D eigenvalue weighted by Gasteiger charge is -2.46. The summed E-state index contributed by atoms with van der Waals surface area (Å²) in [7, 11) is -1.69. The summed E-state index contributed by atoms with van der Waals surface area (Å²) in [5, 5.41) is 1.02. The van der Waals surface area contributed by atoms with Gasteiger partial charge in [0.05, 0.1) is 11.3 Å². The van der Waals surface area contributed by atoms with Crippen LogP contribution in [0.25, 0.3) is 0 Å². The molecule has 3 atom stereocenters. The second-order valence-corrected chi connectivity index (χ2v) is 12.3. The average Bonchev–Trinajstić information content (AvgIpc) is 3.64. The predicted octanol–water partition coefficient (Wildman–Crippen LogP) is 5.64. The molecule has 33 heavy (non-hydrogen) atoms. The van der Waals surface area contributed by atoms with Crippen molar-refractivity contribution in [1.29, 1.82) is 0 Å². The number of likely N-dealkylation sites (tertiary alicyclic amines) is 1. The molecular weight excluding hydrogens is 479 g/mol. The Morgan fingerprint density at radius 3 is 2.33 bits per heavy atom. The van der Waals surface area contributed by atoms with Crippen LogP contribution in [0.1, 0.15) is 62.1 Å². The van der Waals surface area contributed by atoms with Crippen molar-refractivity contribution in [2.75, 3.05) is 13.6 Å². The van der Waals surface area contributed by atoms with Crippen molar-refractivity contribution in [3.63, 3.8) is 0 Å². The SMILES string of the molecule is CC[C@@H](CN(C)S(=O)(=O)C1CC1)N1C(=O)CCC(c2cccc(Cl)c2)C1c1ccc(Cl)cc1. The fourth-order valence-corrected chi connectivity index (χ4v) is 6.86. The van der Waals surface area contributed by atoms with Gasteiger partial charge in [0.2, 0.25) is 15.9 Å². The van der Waals surface area contributed by atoms with E-state index in [9.17, 15) is 13.2 Å². The number of piperidine rings is 1. The van der Waals surface area contributed by atoms with Crippen molar-refractivity contribution < 1.29 is 13.2 Å². The maximum absolute atomic E-state index is 13.4. The van der Waals surface area contributed by atoms with Crippen LogP contribution in [0.5, 0.6) is 0 Å². The van der Waals surface area contributed by atoms with E-state index in [0.717, 1.165) is 24.0 Å². The maximum atomic E-state index is 13.4. The highest BCUT2D eigenvalue weighted by atomic mass is 35.5. The molecular formula is C25H30Cl2N2O3S. The molecule has 1 saturated heterocycles. The van der Waals surface area contributed by atoms with Crippen LogP contribution in [0.4, 0.5) is 0 Å². The van der Waals surface area contributed by atoms with Gasteiger partial charge in [0.25, 0.3) is 0 Å². The smallest absolute Gasteiger partial charge is 0.223 e. The molecule has 0 spiro atoms. The van der Waals surface area contributed by atoms with Gasteiger partial charge in [-0.05, 0) is 61.1 Å². The third-order valence-corrected chi connectivity index (χ3v) is 9.66. The van der Waals surface area contributed by atoms with Gasteiger partial charge in [-0.25, -0.2) is 12.7 Å². The van der Waals surface area contributed by atoms with E-state index in [0.29, 0.717) is 29.3 Å². The van der Waals surface area contributed by atoms with Crippen LogP contribution >= 0.6 is 23.2 Å². The minimum Gasteiger partial charge on any atom is -0.331 e. The normalized spacial score (nSPS) is 22.6.